The standard InChI is InChI=1S/C22H25NO5/c1-5-6-17-9-12-19(20(13-17)26-4)27-14-21(24)28-16(3)22(25)23-18-10-7-15(2)8-11-18/h5,7-13,16H,1,6,14H2,2-4H3,(H,23,25)/t16-/m1/s1. The molecule has 1 N–H and O–H groups in total. The van der Waals surface area contributed by atoms with Gasteiger partial charge >= 0.3 is 5.97 Å². The molecule has 2 aromatic rings. The quantitative estimate of drug-likeness (QED) is 0.528. The number of methoxy groups -OCH3 is 1. The monoisotopic (exact) mass is 383 g/mol. The average molecular weight is 383 g/mol. The first-order valence-corrected chi connectivity index (χ1v) is 8.90. The van der Waals surface area contributed by atoms with Crippen LogP contribution in [0, 0.1) is 6.92 Å². The zero-order valence-electron chi connectivity index (χ0n) is 16.4. The van der Waals surface area contributed by atoms with Gasteiger partial charge in [-0.05, 0) is 50.1 Å². The van der Waals surface area contributed by atoms with Gasteiger partial charge in [-0.3, -0.25) is 4.79 Å². The van der Waals surface area contributed by atoms with Crippen LogP contribution in [0.4, 0.5) is 5.69 Å². The molecule has 0 fully saturated rings. The third-order valence-electron chi connectivity index (χ3n) is 3.95. The van der Waals surface area contributed by atoms with Crippen molar-refractivity contribution < 1.29 is 23.8 Å². The first-order valence-electron chi connectivity index (χ1n) is 8.90. The summed E-state index contributed by atoms with van der Waals surface area (Å²) in [7, 11) is 1.52. The molecular formula is C22H25NO5. The highest BCUT2D eigenvalue weighted by molar-refractivity contribution is 5.95. The van der Waals surface area contributed by atoms with E-state index in [1.54, 1.807) is 24.3 Å². The second-order valence-corrected chi connectivity index (χ2v) is 6.25. The maximum absolute atomic E-state index is 12.1. The lowest BCUT2D eigenvalue weighted by molar-refractivity contribution is -0.155. The number of allylic oxidation sites excluding steroid dienone is 1. The van der Waals surface area contributed by atoms with Gasteiger partial charge in [0.05, 0.1) is 7.11 Å². The first-order chi connectivity index (χ1) is 13.4. The van der Waals surface area contributed by atoms with Gasteiger partial charge in [-0.15, -0.1) is 6.58 Å². The lowest BCUT2D eigenvalue weighted by atomic mass is 10.1. The van der Waals surface area contributed by atoms with Crippen LogP contribution >= 0.6 is 0 Å². The number of carbonyl (C=O) groups is 2. The number of ether oxygens (including phenoxy) is 3. The fraction of sp³-hybridized carbons (Fsp3) is 0.273. The molecule has 0 aliphatic carbocycles. The van der Waals surface area contributed by atoms with Crippen molar-refractivity contribution in [2.45, 2.75) is 26.4 Å². The number of nitrogens with one attached hydrogen (secondary N) is 1. The first kappa shape index (κ1) is 21.0. The average Bonchev–Trinajstić information content (AvgIpc) is 2.68. The maximum Gasteiger partial charge on any atom is 0.344 e. The number of rotatable bonds is 9. The Bertz CT molecular complexity index is 829. The minimum Gasteiger partial charge on any atom is -0.493 e. The van der Waals surface area contributed by atoms with Crippen LogP contribution in [0.25, 0.3) is 0 Å². The number of amides is 1. The Morgan fingerprint density at radius 3 is 2.50 bits per heavy atom. The normalized spacial score (nSPS) is 11.2. The molecule has 2 rings (SSSR count). The van der Waals surface area contributed by atoms with Crippen LogP contribution in [0.15, 0.2) is 55.1 Å². The van der Waals surface area contributed by atoms with Crippen molar-refractivity contribution in [2.24, 2.45) is 0 Å². The Kier molecular flexibility index (Phi) is 7.63. The summed E-state index contributed by atoms with van der Waals surface area (Å²) in [5.74, 6) is -0.131. The van der Waals surface area contributed by atoms with Crippen LogP contribution in [0.5, 0.6) is 11.5 Å². The third-order valence-corrected chi connectivity index (χ3v) is 3.95. The van der Waals surface area contributed by atoms with Crippen LogP contribution in [0.1, 0.15) is 18.1 Å². The lowest BCUT2D eigenvalue weighted by Crippen LogP contribution is -2.31. The van der Waals surface area contributed by atoms with E-state index in [0.717, 1.165) is 11.1 Å². The topological polar surface area (TPSA) is 73.9 Å². The second-order valence-electron chi connectivity index (χ2n) is 6.25. The summed E-state index contributed by atoms with van der Waals surface area (Å²) < 4.78 is 15.9. The Morgan fingerprint density at radius 1 is 1.14 bits per heavy atom. The minimum absolute atomic E-state index is 0.334. The minimum atomic E-state index is -0.950. The summed E-state index contributed by atoms with van der Waals surface area (Å²) in [6.45, 7) is 6.83. The molecule has 1 atom stereocenters. The molecule has 0 bridgehead atoms. The van der Waals surface area contributed by atoms with E-state index in [9.17, 15) is 9.59 Å². The van der Waals surface area contributed by atoms with E-state index in [4.69, 9.17) is 14.2 Å². The van der Waals surface area contributed by atoms with Crippen molar-refractivity contribution in [3.63, 3.8) is 0 Å². The van der Waals surface area contributed by atoms with Crippen molar-refractivity contribution in [1.82, 2.24) is 0 Å². The van der Waals surface area contributed by atoms with Crippen molar-refractivity contribution >= 4 is 17.6 Å². The fourth-order valence-electron chi connectivity index (χ4n) is 2.43. The lowest BCUT2D eigenvalue weighted by Gasteiger charge is -2.15. The van der Waals surface area contributed by atoms with Gasteiger partial charge in [-0.1, -0.05) is 29.8 Å². The van der Waals surface area contributed by atoms with Crippen LogP contribution in [0.3, 0.4) is 0 Å². The molecule has 0 aliphatic heterocycles. The van der Waals surface area contributed by atoms with E-state index >= 15 is 0 Å². The van der Waals surface area contributed by atoms with E-state index in [-0.39, 0.29) is 6.61 Å². The molecular weight excluding hydrogens is 358 g/mol. The molecule has 0 aliphatic rings. The van der Waals surface area contributed by atoms with Crippen molar-refractivity contribution in [1.29, 1.82) is 0 Å². The van der Waals surface area contributed by atoms with Gasteiger partial charge in [0.1, 0.15) is 0 Å². The van der Waals surface area contributed by atoms with Gasteiger partial charge < -0.3 is 19.5 Å². The van der Waals surface area contributed by atoms with Gasteiger partial charge in [-0.2, -0.15) is 0 Å². The van der Waals surface area contributed by atoms with Crippen molar-refractivity contribution in [3.8, 4) is 11.5 Å². The Balaban J connectivity index is 1.86. The predicted octanol–water partition coefficient (Wildman–Crippen LogP) is 3.68. The van der Waals surface area contributed by atoms with E-state index < -0.39 is 18.0 Å². The molecule has 0 spiro atoms. The van der Waals surface area contributed by atoms with Gasteiger partial charge in [0.15, 0.2) is 24.2 Å². The Labute approximate surface area is 165 Å². The molecule has 148 valence electrons. The van der Waals surface area contributed by atoms with Crippen LogP contribution < -0.4 is 14.8 Å². The summed E-state index contributed by atoms with van der Waals surface area (Å²) in [6, 6.07) is 12.7. The molecule has 0 radical (unpaired) electrons. The SMILES string of the molecule is C=CCc1ccc(OCC(=O)O[C@H](C)C(=O)Nc2ccc(C)cc2)c(OC)c1. The summed E-state index contributed by atoms with van der Waals surface area (Å²) in [5, 5.41) is 2.70. The van der Waals surface area contributed by atoms with Gasteiger partial charge in [0.2, 0.25) is 0 Å². The van der Waals surface area contributed by atoms with Crippen LogP contribution in [-0.4, -0.2) is 31.7 Å². The number of carbonyl (C=O) groups excluding carboxylic acids is 2. The number of hydrogen-bond donors (Lipinski definition) is 1. The summed E-state index contributed by atoms with van der Waals surface area (Å²) in [5.41, 5.74) is 2.74. The molecule has 0 saturated carbocycles. The van der Waals surface area contributed by atoms with Gasteiger partial charge in [0.25, 0.3) is 5.91 Å². The van der Waals surface area contributed by atoms with E-state index in [1.807, 2.05) is 31.2 Å². The maximum atomic E-state index is 12.1. The predicted molar refractivity (Wildman–Crippen MR) is 108 cm³/mol. The number of benzene rings is 2. The van der Waals surface area contributed by atoms with Crippen LogP contribution in [-0.2, 0) is 20.7 Å². The number of hydrogen-bond acceptors (Lipinski definition) is 5. The fourth-order valence-corrected chi connectivity index (χ4v) is 2.43. The van der Waals surface area contributed by atoms with E-state index in [0.29, 0.717) is 23.6 Å². The zero-order valence-corrected chi connectivity index (χ0v) is 16.4. The highest BCUT2D eigenvalue weighted by Gasteiger charge is 2.19. The second kappa shape index (κ2) is 10.2. The molecule has 2 aromatic carbocycles. The molecule has 0 aromatic heterocycles. The van der Waals surface area contributed by atoms with E-state index in [1.165, 1.54) is 14.0 Å². The van der Waals surface area contributed by atoms with Crippen molar-refractivity contribution in [2.75, 3.05) is 19.0 Å². The molecule has 28 heavy (non-hydrogen) atoms. The van der Waals surface area contributed by atoms with E-state index in [2.05, 4.69) is 11.9 Å². The number of esters is 1. The summed E-state index contributed by atoms with van der Waals surface area (Å²) >= 11 is 0. The Hall–Kier alpha value is -3.28. The highest BCUT2D eigenvalue weighted by Crippen LogP contribution is 2.28. The Morgan fingerprint density at radius 2 is 1.86 bits per heavy atom. The highest BCUT2D eigenvalue weighted by atomic mass is 16.6. The summed E-state index contributed by atoms with van der Waals surface area (Å²) in [6.07, 6.45) is 1.54. The molecule has 6 nitrogen and oxygen atoms in total. The molecule has 0 saturated heterocycles. The molecule has 6 heteroatoms. The van der Waals surface area contributed by atoms with Gasteiger partial charge in [0, 0.05) is 5.69 Å². The third kappa shape index (κ3) is 6.16. The number of aryl methyl sites for hydroxylation is 1. The van der Waals surface area contributed by atoms with Gasteiger partial charge in [-0.25, -0.2) is 4.79 Å². The number of anilines is 1. The molecule has 1 amide bonds. The summed E-state index contributed by atoms with van der Waals surface area (Å²) in [4.78, 5) is 24.2. The van der Waals surface area contributed by atoms with Crippen LogP contribution in [0.2, 0.25) is 0 Å². The largest absolute Gasteiger partial charge is 0.493 e. The smallest absolute Gasteiger partial charge is 0.344 e. The zero-order chi connectivity index (χ0) is 20.5. The molecule has 0 unspecified atom stereocenters. The van der Waals surface area contributed by atoms with Crippen molar-refractivity contribution in [3.05, 3.63) is 66.2 Å². The molecule has 0 heterocycles.